The van der Waals surface area contributed by atoms with Gasteiger partial charge in [0.25, 0.3) is 0 Å². The molecule has 0 radical (unpaired) electrons. The molecule has 0 spiro atoms. The second-order valence-corrected chi connectivity index (χ2v) is 12.0. The third-order valence-corrected chi connectivity index (χ3v) is 8.79. The molecule has 42 heavy (non-hydrogen) atoms. The van der Waals surface area contributed by atoms with Crippen molar-refractivity contribution in [3.05, 3.63) is 66.4 Å². The Balaban J connectivity index is 1.30. The van der Waals surface area contributed by atoms with Crippen LogP contribution in [0.2, 0.25) is 0 Å². The van der Waals surface area contributed by atoms with Gasteiger partial charge in [0.1, 0.15) is 5.82 Å². The fourth-order valence-electron chi connectivity index (χ4n) is 6.53. The van der Waals surface area contributed by atoms with Crippen LogP contribution in [0.25, 0.3) is 10.8 Å². The van der Waals surface area contributed by atoms with Crippen LogP contribution in [0.5, 0.6) is 6.01 Å². The Kier molecular flexibility index (Phi) is 7.98. The Morgan fingerprint density at radius 3 is 2.76 bits per heavy atom. The monoisotopic (exact) mass is 565 g/mol. The minimum Gasteiger partial charge on any atom is -0.463 e. The molecule has 1 saturated carbocycles. The van der Waals surface area contributed by atoms with E-state index in [-0.39, 0.29) is 18.4 Å². The van der Waals surface area contributed by atoms with E-state index in [1.807, 2.05) is 0 Å². The average molecular weight is 566 g/mol. The predicted octanol–water partition coefficient (Wildman–Crippen LogP) is 3.89. The van der Waals surface area contributed by atoms with Crippen LogP contribution in [-0.2, 0) is 17.8 Å². The Labute approximate surface area is 248 Å². The minimum absolute atomic E-state index is 0.133. The molecule has 2 fully saturated rings. The van der Waals surface area contributed by atoms with E-state index in [1.165, 1.54) is 29.0 Å². The number of fused-ring (bicyclic) bond motifs is 2. The molecule has 9 nitrogen and oxygen atoms in total. The van der Waals surface area contributed by atoms with Crippen molar-refractivity contribution in [1.29, 1.82) is 5.26 Å². The molecule has 0 N–H and O–H groups in total. The van der Waals surface area contributed by atoms with E-state index in [2.05, 4.69) is 83.9 Å². The molecule has 1 saturated heterocycles. The molecule has 1 aromatic heterocycles. The van der Waals surface area contributed by atoms with Gasteiger partial charge >= 0.3 is 6.01 Å². The number of nitriles is 1. The summed E-state index contributed by atoms with van der Waals surface area (Å²) in [5, 5.41) is 12.0. The van der Waals surface area contributed by atoms with Crippen molar-refractivity contribution >= 4 is 28.2 Å². The Morgan fingerprint density at radius 1 is 1.12 bits per heavy atom. The van der Waals surface area contributed by atoms with Gasteiger partial charge in [0.15, 0.2) is 0 Å². The van der Waals surface area contributed by atoms with Crippen molar-refractivity contribution in [2.45, 2.75) is 31.8 Å². The van der Waals surface area contributed by atoms with Crippen LogP contribution in [-0.4, -0.2) is 85.1 Å². The Bertz CT molecular complexity index is 1510. The number of anilines is 2. The first-order chi connectivity index (χ1) is 20.4. The maximum Gasteiger partial charge on any atom is 0.318 e. The Hall–Kier alpha value is -4.16. The van der Waals surface area contributed by atoms with Crippen LogP contribution < -0.4 is 14.5 Å². The SMILES string of the molecule is C=CC(=O)N1CCN(c2nc(OCC3CC3CN(C)C)nc3c2CCN(c2cccc4ccccc24)C3)CC1CC#N. The molecular weight excluding hydrogens is 526 g/mol. The molecule has 218 valence electrons. The van der Waals surface area contributed by atoms with Gasteiger partial charge < -0.3 is 24.3 Å². The van der Waals surface area contributed by atoms with Crippen LogP contribution in [0.15, 0.2) is 55.1 Å². The number of ether oxygens (including phenoxy) is 1. The predicted molar refractivity (Wildman–Crippen MR) is 165 cm³/mol. The van der Waals surface area contributed by atoms with Crippen LogP contribution in [0.1, 0.15) is 24.1 Å². The molecule has 3 heterocycles. The van der Waals surface area contributed by atoms with Crippen molar-refractivity contribution in [3.8, 4) is 12.1 Å². The number of aromatic nitrogens is 2. The quantitative estimate of drug-likeness (QED) is 0.361. The summed E-state index contributed by atoms with van der Waals surface area (Å²) >= 11 is 0. The molecule has 3 aromatic rings. The lowest BCUT2D eigenvalue weighted by Crippen LogP contribution is -2.55. The smallest absolute Gasteiger partial charge is 0.318 e. The molecule has 2 aliphatic heterocycles. The van der Waals surface area contributed by atoms with Crippen molar-refractivity contribution in [2.75, 3.05) is 63.2 Å². The van der Waals surface area contributed by atoms with Crippen LogP contribution in [0.3, 0.4) is 0 Å². The summed E-state index contributed by atoms with van der Waals surface area (Å²) in [6.45, 7) is 8.54. The van der Waals surface area contributed by atoms with Gasteiger partial charge in [-0.15, -0.1) is 0 Å². The maximum absolute atomic E-state index is 12.5. The van der Waals surface area contributed by atoms with Crippen molar-refractivity contribution in [2.24, 2.45) is 11.8 Å². The highest BCUT2D eigenvalue weighted by Crippen LogP contribution is 2.39. The summed E-state index contributed by atoms with van der Waals surface area (Å²) in [6.07, 6.45) is 3.56. The molecule has 1 amide bonds. The lowest BCUT2D eigenvalue weighted by Gasteiger charge is -2.42. The van der Waals surface area contributed by atoms with Gasteiger partial charge in [-0.1, -0.05) is 43.0 Å². The average Bonchev–Trinajstić information content (AvgIpc) is 3.75. The highest BCUT2D eigenvalue weighted by atomic mass is 16.5. The fraction of sp³-hybridized carbons (Fsp3) is 0.455. The fourth-order valence-corrected chi connectivity index (χ4v) is 6.53. The summed E-state index contributed by atoms with van der Waals surface area (Å²) in [4.78, 5) is 31.1. The molecule has 3 atom stereocenters. The van der Waals surface area contributed by atoms with E-state index in [0.717, 1.165) is 36.6 Å². The number of hydrogen-bond acceptors (Lipinski definition) is 8. The zero-order valence-electron chi connectivity index (χ0n) is 24.6. The second-order valence-electron chi connectivity index (χ2n) is 12.0. The van der Waals surface area contributed by atoms with E-state index in [9.17, 15) is 10.1 Å². The Morgan fingerprint density at radius 2 is 1.95 bits per heavy atom. The third-order valence-electron chi connectivity index (χ3n) is 8.79. The third kappa shape index (κ3) is 5.77. The molecule has 1 aliphatic carbocycles. The van der Waals surface area contributed by atoms with Gasteiger partial charge in [0, 0.05) is 49.4 Å². The van der Waals surface area contributed by atoms with Crippen LogP contribution in [0.4, 0.5) is 11.5 Å². The molecule has 6 rings (SSSR count). The van der Waals surface area contributed by atoms with Gasteiger partial charge in [-0.05, 0) is 56.3 Å². The van der Waals surface area contributed by atoms with Crippen molar-refractivity contribution in [3.63, 3.8) is 0 Å². The van der Waals surface area contributed by atoms with Gasteiger partial charge in [-0.25, -0.2) is 0 Å². The molecule has 9 heteroatoms. The van der Waals surface area contributed by atoms with E-state index >= 15 is 0 Å². The number of nitrogens with zero attached hydrogens (tertiary/aromatic N) is 7. The van der Waals surface area contributed by atoms with E-state index in [0.29, 0.717) is 50.6 Å². The molecule has 3 unspecified atom stereocenters. The summed E-state index contributed by atoms with van der Waals surface area (Å²) in [5.74, 6) is 1.92. The first kappa shape index (κ1) is 28.0. The highest BCUT2D eigenvalue weighted by Gasteiger charge is 2.38. The van der Waals surface area contributed by atoms with E-state index < -0.39 is 0 Å². The number of amides is 1. The topological polar surface area (TPSA) is 88.8 Å². The summed E-state index contributed by atoms with van der Waals surface area (Å²) in [7, 11) is 4.22. The summed E-state index contributed by atoms with van der Waals surface area (Å²) < 4.78 is 6.29. The van der Waals surface area contributed by atoms with Crippen molar-refractivity contribution in [1.82, 2.24) is 19.8 Å². The molecule has 0 bridgehead atoms. The van der Waals surface area contributed by atoms with Gasteiger partial charge in [-0.3, -0.25) is 4.79 Å². The van der Waals surface area contributed by atoms with E-state index in [4.69, 9.17) is 14.7 Å². The lowest BCUT2D eigenvalue weighted by atomic mass is 10.0. The lowest BCUT2D eigenvalue weighted by molar-refractivity contribution is -0.128. The zero-order chi connectivity index (χ0) is 29.2. The molecule has 3 aliphatic rings. The minimum atomic E-state index is -0.224. The van der Waals surface area contributed by atoms with Gasteiger partial charge in [0.05, 0.1) is 37.4 Å². The normalized spacial score (nSPS) is 21.7. The largest absolute Gasteiger partial charge is 0.463 e. The first-order valence-corrected chi connectivity index (χ1v) is 14.9. The van der Waals surface area contributed by atoms with Crippen LogP contribution in [0, 0.1) is 23.2 Å². The number of piperazine rings is 1. The van der Waals surface area contributed by atoms with Crippen LogP contribution >= 0.6 is 0 Å². The molecule has 2 aromatic carbocycles. The second kappa shape index (κ2) is 12.0. The zero-order valence-corrected chi connectivity index (χ0v) is 24.6. The van der Waals surface area contributed by atoms with Crippen molar-refractivity contribution < 1.29 is 9.53 Å². The van der Waals surface area contributed by atoms with Gasteiger partial charge in [0.2, 0.25) is 5.91 Å². The standard InChI is InChI=1S/C33H39N7O2/c1-4-31(41)40-17-16-39(20-26(40)12-14-34)32-28-13-15-38(30-11-7-9-23-8-5-6-10-27(23)30)21-29(28)35-33(36-32)42-22-25-18-24(25)19-37(2)3/h4-11,24-26H,1,12-13,15-22H2,2-3H3. The van der Waals surface area contributed by atoms with Gasteiger partial charge in [-0.2, -0.15) is 15.2 Å². The molecular formula is C33H39N7O2. The number of rotatable bonds is 9. The number of carbonyl (C=O) groups is 1. The first-order valence-electron chi connectivity index (χ1n) is 14.9. The summed E-state index contributed by atoms with van der Waals surface area (Å²) in [5.41, 5.74) is 3.32. The highest BCUT2D eigenvalue weighted by molar-refractivity contribution is 5.94. The number of carbonyl (C=O) groups excluding carboxylic acids is 1. The number of benzene rings is 2. The maximum atomic E-state index is 12.5. The summed E-state index contributed by atoms with van der Waals surface area (Å²) in [6, 6.07) is 17.4. The van der Waals surface area contributed by atoms with E-state index in [1.54, 1.807) is 4.90 Å². The number of hydrogen-bond donors (Lipinski definition) is 0.